The van der Waals surface area contributed by atoms with Crippen LogP contribution in [0.25, 0.3) is 0 Å². The number of hydrogen-bond acceptors (Lipinski definition) is 2. The highest BCUT2D eigenvalue weighted by Crippen LogP contribution is 2.13. The summed E-state index contributed by atoms with van der Waals surface area (Å²) in [5.41, 5.74) is 1.66. The van der Waals surface area contributed by atoms with Gasteiger partial charge in [0, 0.05) is 12.7 Å². The lowest BCUT2D eigenvalue weighted by molar-refractivity contribution is 0.111. The van der Waals surface area contributed by atoms with Crippen LogP contribution in [0, 0.1) is 12.8 Å². The molecule has 0 radical (unpaired) electrons. The lowest BCUT2D eigenvalue weighted by Crippen LogP contribution is -2.02. The molecule has 1 rings (SSSR count). The van der Waals surface area contributed by atoms with Gasteiger partial charge in [-0.2, -0.15) is 0 Å². The molecule has 0 aromatic carbocycles. The van der Waals surface area contributed by atoms with E-state index in [2.05, 4.69) is 18.8 Å². The molecule has 3 nitrogen and oxygen atoms in total. The monoisotopic (exact) mass is 194 g/mol. The number of nitrogens with zero attached hydrogens (tertiary/aromatic N) is 2. The van der Waals surface area contributed by atoms with Crippen molar-refractivity contribution in [2.75, 3.05) is 0 Å². The normalized spacial score (nSPS) is 10.9. The average Bonchev–Trinajstić information content (AvgIpc) is 2.40. The van der Waals surface area contributed by atoms with Crippen molar-refractivity contribution < 1.29 is 4.79 Å². The third-order valence-electron chi connectivity index (χ3n) is 2.54. The van der Waals surface area contributed by atoms with Gasteiger partial charge in [0.15, 0.2) is 6.29 Å². The molecule has 0 atom stereocenters. The number of aryl methyl sites for hydroxylation is 1. The standard InChI is InChI=1S/C11H18N2O/c1-8(2)5-6-11-10(7-14)12-9(3)13(11)4/h7-8H,5-6H2,1-4H3. The van der Waals surface area contributed by atoms with Gasteiger partial charge < -0.3 is 4.57 Å². The zero-order valence-electron chi connectivity index (χ0n) is 9.37. The van der Waals surface area contributed by atoms with Gasteiger partial charge in [-0.25, -0.2) is 4.98 Å². The highest BCUT2D eigenvalue weighted by molar-refractivity contribution is 5.73. The summed E-state index contributed by atoms with van der Waals surface area (Å²) < 4.78 is 2.01. The molecular formula is C11H18N2O. The van der Waals surface area contributed by atoms with E-state index in [0.717, 1.165) is 30.6 Å². The van der Waals surface area contributed by atoms with Gasteiger partial charge in [-0.3, -0.25) is 4.79 Å². The van der Waals surface area contributed by atoms with Gasteiger partial charge in [0.2, 0.25) is 0 Å². The van der Waals surface area contributed by atoms with Crippen molar-refractivity contribution >= 4 is 6.29 Å². The third kappa shape index (κ3) is 2.22. The zero-order chi connectivity index (χ0) is 10.7. The number of imidazole rings is 1. The second-order valence-electron chi connectivity index (χ2n) is 4.10. The van der Waals surface area contributed by atoms with E-state index in [1.165, 1.54) is 0 Å². The van der Waals surface area contributed by atoms with Gasteiger partial charge in [0.25, 0.3) is 0 Å². The molecule has 0 N–H and O–H groups in total. The Hall–Kier alpha value is -1.12. The van der Waals surface area contributed by atoms with Crippen LogP contribution in [-0.4, -0.2) is 15.8 Å². The molecule has 0 saturated carbocycles. The summed E-state index contributed by atoms with van der Waals surface area (Å²) in [5, 5.41) is 0. The molecule has 0 saturated heterocycles. The molecule has 0 aliphatic carbocycles. The van der Waals surface area contributed by atoms with Gasteiger partial charge in [0.1, 0.15) is 11.5 Å². The maximum Gasteiger partial charge on any atom is 0.170 e. The molecule has 1 aromatic rings. The van der Waals surface area contributed by atoms with Crippen LogP contribution in [0.2, 0.25) is 0 Å². The summed E-state index contributed by atoms with van der Waals surface area (Å²) in [7, 11) is 1.96. The first-order valence-electron chi connectivity index (χ1n) is 5.03. The fraction of sp³-hybridized carbons (Fsp3) is 0.636. The first kappa shape index (κ1) is 11.0. The smallest absolute Gasteiger partial charge is 0.170 e. The number of hydrogen-bond donors (Lipinski definition) is 0. The van der Waals surface area contributed by atoms with Crippen molar-refractivity contribution in [2.24, 2.45) is 13.0 Å². The Bertz CT molecular complexity index is 326. The molecule has 1 heterocycles. The van der Waals surface area contributed by atoms with Crippen LogP contribution in [0.5, 0.6) is 0 Å². The van der Waals surface area contributed by atoms with Crippen LogP contribution < -0.4 is 0 Å². The van der Waals surface area contributed by atoms with Gasteiger partial charge in [-0.15, -0.1) is 0 Å². The second kappa shape index (κ2) is 4.40. The van der Waals surface area contributed by atoms with E-state index in [0.29, 0.717) is 11.6 Å². The highest BCUT2D eigenvalue weighted by atomic mass is 16.1. The van der Waals surface area contributed by atoms with Crippen molar-refractivity contribution in [3.63, 3.8) is 0 Å². The fourth-order valence-corrected chi connectivity index (χ4v) is 1.50. The van der Waals surface area contributed by atoms with Crippen LogP contribution in [0.4, 0.5) is 0 Å². The third-order valence-corrected chi connectivity index (χ3v) is 2.54. The molecule has 14 heavy (non-hydrogen) atoms. The maximum atomic E-state index is 10.8. The first-order valence-corrected chi connectivity index (χ1v) is 5.03. The topological polar surface area (TPSA) is 34.9 Å². The minimum atomic E-state index is 0.602. The van der Waals surface area contributed by atoms with Crippen LogP contribution in [0.15, 0.2) is 0 Å². The summed E-state index contributed by atoms with van der Waals surface area (Å²) in [4.78, 5) is 15.0. The van der Waals surface area contributed by atoms with E-state index in [4.69, 9.17) is 0 Å². The number of carbonyl (C=O) groups is 1. The minimum Gasteiger partial charge on any atom is -0.335 e. The zero-order valence-corrected chi connectivity index (χ0v) is 9.37. The van der Waals surface area contributed by atoms with Gasteiger partial charge in [-0.05, 0) is 25.7 Å². The lowest BCUT2D eigenvalue weighted by atomic mass is 10.1. The predicted octanol–water partition coefficient (Wildman–Crippen LogP) is 2.13. The van der Waals surface area contributed by atoms with Crippen molar-refractivity contribution in [1.82, 2.24) is 9.55 Å². The number of rotatable bonds is 4. The molecule has 0 spiro atoms. The second-order valence-corrected chi connectivity index (χ2v) is 4.10. The van der Waals surface area contributed by atoms with Crippen molar-refractivity contribution in [3.05, 3.63) is 17.2 Å². The average molecular weight is 194 g/mol. The van der Waals surface area contributed by atoms with E-state index in [1.807, 2.05) is 18.5 Å². The largest absolute Gasteiger partial charge is 0.335 e. The summed E-state index contributed by atoms with van der Waals surface area (Å²) in [5.74, 6) is 1.57. The van der Waals surface area contributed by atoms with Crippen LogP contribution in [0.1, 0.15) is 42.3 Å². The molecule has 0 amide bonds. The maximum absolute atomic E-state index is 10.8. The SMILES string of the molecule is Cc1nc(C=O)c(CCC(C)C)n1C. The Morgan fingerprint density at radius 3 is 2.64 bits per heavy atom. The molecule has 78 valence electrons. The molecule has 0 unspecified atom stereocenters. The van der Waals surface area contributed by atoms with Crippen LogP contribution in [0.3, 0.4) is 0 Å². The molecule has 3 heteroatoms. The lowest BCUT2D eigenvalue weighted by Gasteiger charge is -2.06. The van der Waals surface area contributed by atoms with E-state index in [9.17, 15) is 4.79 Å². The van der Waals surface area contributed by atoms with E-state index in [1.54, 1.807) is 0 Å². The first-order chi connectivity index (χ1) is 6.56. The summed E-state index contributed by atoms with van der Waals surface area (Å²) >= 11 is 0. The molecule has 0 bridgehead atoms. The van der Waals surface area contributed by atoms with E-state index in [-0.39, 0.29) is 0 Å². The number of aromatic nitrogens is 2. The van der Waals surface area contributed by atoms with Crippen molar-refractivity contribution in [3.8, 4) is 0 Å². The Morgan fingerprint density at radius 2 is 2.14 bits per heavy atom. The fourth-order valence-electron chi connectivity index (χ4n) is 1.50. The van der Waals surface area contributed by atoms with Crippen LogP contribution in [-0.2, 0) is 13.5 Å². The summed E-state index contributed by atoms with van der Waals surface area (Å²) in [6, 6.07) is 0. The van der Waals surface area contributed by atoms with Gasteiger partial charge in [0.05, 0.1) is 0 Å². The van der Waals surface area contributed by atoms with Gasteiger partial charge >= 0.3 is 0 Å². The Balaban J connectivity index is 2.88. The van der Waals surface area contributed by atoms with E-state index >= 15 is 0 Å². The Morgan fingerprint density at radius 1 is 1.50 bits per heavy atom. The molecular weight excluding hydrogens is 176 g/mol. The van der Waals surface area contributed by atoms with E-state index < -0.39 is 0 Å². The minimum absolute atomic E-state index is 0.602. The summed E-state index contributed by atoms with van der Waals surface area (Å²) in [6.07, 6.45) is 2.88. The summed E-state index contributed by atoms with van der Waals surface area (Å²) in [6.45, 7) is 6.29. The number of aldehydes is 1. The molecule has 0 aliphatic heterocycles. The molecule has 1 aromatic heterocycles. The quantitative estimate of drug-likeness (QED) is 0.688. The van der Waals surface area contributed by atoms with Crippen molar-refractivity contribution in [1.29, 1.82) is 0 Å². The van der Waals surface area contributed by atoms with Gasteiger partial charge in [-0.1, -0.05) is 13.8 Å². The van der Waals surface area contributed by atoms with Crippen LogP contribution >= 0.6 is 0 Å². The predicted molar refractivity (Wildman–Crippen MR) is 56.5 cm³/mol. The number of carbonyl (C=O) groups excluding carboxylic acids is 1. The van der Waals surface area contributed by atoms with Crippen molar-refractivity contribution in [2.45, 2.75) is 33.6 Å². The Labute approximate surface area is 85.2 Å². The molecule has 0 fully saturated rings. The molecule has 0 aliphatic rings. The highest BCUT2D eigenvalue weighted by Gasteiger charge is 2.11. The Kier molecular flexibility index (Phi) is 3.44.